The van der Waals surface area contributed by atoms with Crippen LogP contribution in [0.15, 0.2) is 54.7 Å². The number of hydrogen-bond donors (Lipinski definition) is 2. The zero-order chi connectivity index (χ0) is 21.8. The van der Waals surface area contributed by atoms with E-state index >= 15 is 0 Å². The number of anilines is 1. The van der Waals surface area contributed by atoms with E-state index in [1.54, 1.807) is 24.3 Å². The Balaban J connectivity index is 1.46. The van der Waals surface area contributed by atoms with Gasteiger partial charge in [-0.1, -0.05) is 29.8 Å². The number of hydrogen-bond acceptors (Lipinski definition) is 3. The fourth-order valence-corrected chi connectivity index (χ4v) is 3.65. The molecule has 31 heavy (non-hydrogen) atoms. The van der Waals surface area contributed by atoms with Gasteiger partial charge in [0.2, 0.25) is 5.91 Å². The normalized spacial score (nSPS) is 13.3. The van der Waals surface area contributed by atoms with Gasteiger partial charge >= 0.3 is 0 Å². The van der Waals surface area contributed by atoms with Gasteiger partial charge in [0.15, 0.2) is 0 Å². The summed E-state index contributed by atoms with van der Waals surface area (Å²) in [4.78, 5) is 24.6. The number of nitrogens with one attached hydrogen (secondary N) is 2. The van der Waals surface area contributed by atoms with Crippen molar-refractivity contribution in [3.05, 3.63) is 70.9 Å². The van der Waals surface area contributed by atoms with Gasteiger partial charge in [-0.2, -0.15) is 5.26 Å². The molecule has 4 rings (SSSR count). The summed E-state index contributed by atoms with van der Waals surface area (Å²) in [5, 5.41) is 15.8. The van der Waals surface area contributed by atoms with Gasteiger partial charge in [-0.15, -0.1) is 0 Å². The van der Waals surface area contributed by atoms with Crippen LogP contribution in [-0.4, -0.2) is 22.4 Å². The molecule has 1 aliphatic rings. The van der Waals surface area contributed by atoms with E-state index in [1.165, 1.54) is 6.08 Å². The van der Waals surface area contributed by atoms with E-state index in [9.17, 15) is 9.59 Å². The summed E-state index contributed by atoms with van der Waals surface area (Å²) in [6.45, 7) is 0.593. The van der Waals surface area contributed by atoms with Crippen molar-refractivity contribution in [1.82, 2.24) is 9.88 Å². The predicted octanol–water partition coefficient (Wildman–Crippen LogP) is 4.75. The molecule has 7 heteroatoms. The first-order chi connectivity index (χ1) is 15.0. The van der Waals surface area contributed by atoms with Crippen LogP contribution >= 0.6 is 11.6 Å². The number of halogens is 1. The highest BCUT2D eigenvalue weighted by Crippen LogP contribution is 2.25. The van der Waals surface area contributed by atoms with Gasteiger partial charge < -0.3 is 15.2 Å². The van der Waals surface area contributed by atoms with Crippen LogP contribution in [0.25, 0.3) is 17.0 Å². The minimum absolute atomic E-state index is 0.196. The molecule has 1 aliphatic carbocycles. The minimum atomic E-state index is -0.305. The average Bonchev–Trinajstić information content (AvgIpc) is 3.50. The summed E-state index contributed by atoms with van der Waals surface area (Å²) >= 11 is 6.24. The molecule has 0 spiro atoms. The number of nitrogens with zero attached hydrogens (tertiary/aromatic N) is 2. The standard InChI is InChI=1S/C24H21ClN4O2/c25-21-14-18(9-10-20(21)24(31)28-17-7-8-17)27-23(30)11-6-16-15-29(13-3-12-26)22-5-2-1-4-19(16)22/h1-2,4-6,9-11,14-15,17H,3,7-8,13H2,(H,27,30)(H,28,31)/b11-6+. The lowest BCUT2D eigenvalue weighted by Gasteiger charge is -2.08. The molecular weight excluding hydrogens is 412 g/mol. The summed E-state index contributed by atoms with van der Waals surface area (Å²) in [6, 6.07) is 15.1. The number of aromatic nitrogens is 1. The maximum atomic E-state index is 12.4. The van der Waals surface area contributed by atoms with Crippen molar-refractivity contribution in [2.45, 2.75) is 31.8 Å². The van der Waals surface area contributed by atoms with Crippen LogP contribution in [0.2, 0.25) is 5.02 Å². The van der Waals surface area contributed by atoms with Crippen molar-refractivity contribution < 1.29 is 9.59 Å². The van der Waals surface area contributed by atoms with Crippen LogP contribution in [0.4, 0.5) is 5.69 Å². The van der Waals surface area contributed by atoms with Gasteiger partial charge in [-0.3, -0.25) is 9.59 Å². The molecule has 1 saturated carbocycles. The number of aryl methyl sites for hydroxylation is 1. The van der Waals surface area contributed by atoms with Gasteiger partial charge in [0.1, 0.15) is 0 Å². The lowest BCUT2D eigenvalue weighted by molar-refractivity contribution is -0.111. The van der Waals surface area contributed by atoms with E-state index in [2.05, 4.69) is 16.7 Å². The number of fused-ring (bicyclic) bond motifs is 1. The Morgan fingerprint density at radius 2 is 2.03 bits per heavy atom. The zero-order valence-corrected chi connectivity index (χ0v) is 17.5. The van der Waals surface area contributed by atoms with E-state index < -0.39 is 0 Å². The summed E-state index contributed by atoms with van der Waals surface area (Å²) in [7, 11) is 0. The van der Waals surface area contributed by atoms with Gasteiger partial charge in [-0.05, 0) is 43.2 Å². The van der Waals surface area contributed by atoms with Crippen molar-refractivity contribution in [3.63, 3.8) is 0 Å². The number of carbonyl (C=O) groups excluding carboxylic acids is 2. The molecular formula is C24H21ClN4O2. The van der Waals surface area contributed by atoms with Crippen LogP contribution in [0.3, 0.4) is 0 Å². The molecule has 2 amide bonds. The predicted molar refractivity (Wildman–Crippen MR) is 122 cm³/mol. The topological polar surface area (TPSA) is 86.9 Å². The molecule has 0 aliphatic heterocycles. The van der Waals surface area contributed by atoms with Crippen LogP contribution in [0.5, 0.6) is 0 Å². The largest absolute Gasteiger partial charge is 0.349 e. The zero-order valence-electron chi connectivity index (χ0n) is 16.8. The second-order valence-corrected chi connectivity index (χ2v) is 7.88. The van der Waals surface area contributed by atoms with E-state index in [0.29, 0.717) is 29.2 Å². The van der Waals surface area contributed by atoms with E-state index in [-0.39, 0.29) is 17.9 Å². The Labute approximate surface area is 185 Å². The second-order valence-electron chi connectivity index (χ2n) is 7.47. The quantitative estimate of drug-likeness (QED) is 0.528. The van der Waals surface area contributed by atoms with Crippen LogP contribution in [0.1, 0.15) is 35.2 Å². The van der Waals surface area contributed by atoms with Crippen molar-refractivity contribution in [2.75, 3.05) is 5.32 Å². The van der Waals surface area contributed by atoms with E-state index in [4.69, 9.17) is 16.9 Å². The molecule has 0 radical (unpaired) electrons. The summed E-state index contributed by atoms with van der Waals surface area (Å²) < 4.78 is 2.02. The van der Waals surface area contributed by atoms with E-state index in [0.717, 1.165) is 29.3 Å². The molecule has 3 aromatic rings. The van der Waals surface area contributed by atoms with Crippen LogP contribution in [0, 0.1) is 11.3 Å². The number of rotatable bonds is 7. The smallest absolute Gasteiger partial charge is 0.253 e. The molecule has 6 nitrogen and oxygen atoms in total. The molecule has 1 fully saturated rings. The fraction of sp³-hybridized carbons (Fsp3) is 0.208. The van der Waals surface area contributed by atoms with Gasteiger partial charge in [0.05, 0.1) is 23.1 Å². The number of benzene rings is 2. The van der Waals surface area contributed by atoms with Crippen molar-refractivity contribution in [1.29, 1.82) is 5.26 Å². The molecule has 1 aromatic heterocycles. The van der Waals surface area contributed by atoms with Gasteiger partial charge in [0.25, 0.3) is 5.91 Å². The van der Waals surface area contributed by atoms with Crippen LogP contribution < -0.4 is 10.6 Å². The highest BCUT2D eigenvalue weighted by molar-refractivity contribution is 6.34. The molecule has 0 saturated heterocycles. The maximum Gasteiger partial charge on any atom is 0.253 e. The third kappa shape index (κ3) is 4.96. The summed E-state index contributed by atoms with van der Waals surface area (Å²) in [6.07, 6.45) is 7.56. The molecule has 0 atom stereocenters. The molecule has 2 N–H and O–H groups in total. The summed E-state index contributed by atoms with van der Waals surface area (Å²) in [5.74, 6) is -0.502. The first kappa shape index (κ1) is 20.7. The van der Waals surface area contributed by atoms with Gasteiger partial charge in [-0.25, -0.2) is 0 Å². The average molecular weight is 433 g/mol. The third-order valence-electron chi connectivity index (χ3n) is 5.09. The van der Waals surface area contributed by atoms with Crippen LogP contribution in [-0.2, 0) is 11.3 Å². The second kappa shape index (κ2) is 9.07. The molecule has 156 valence electrons. The Morgan fingerprint density at radius 3 is 2.77 bits per heavy atom. The third-order valence-corrected chi connectivity index (χ3v) is 5.40. The van der Waals surface area contributed by atoms with E-state index in [1.807, 2.05) is 35.0 Å². The SMILES string of the molecule is N#CCCn1cc(/C=C/C(=O)Nc2ccc(C(=O)NC3CC3)c(Cl)c2)c2ccccc21. The monoisotopic (exact) mass is 432 g/mol. The lowest BCUT2D eigenvalue weighted by Crippen LogP contribution is -2.25. The Morgan fingerprint density at radius 1 is 1.23 bits per heavy atom. The summed E-state index contributed by atoms with van der Waals surface area (Å²) in [5.41, 5.74) is 2.82. The number of para-hydroxylation sites is 1. The van der Waals surface area contributed by atoms with Crippen molar-refractivity contribution in [3.8, 4) is 6.07 Å². The first-order valence-electron chi connectivity index (χ1n) is 10.1. The Kier molecular flexibility index (Phi) is 6.06. The molecule has 0 unspecified atom stereocenters. The van der Waals surface area contributed by atoms with Crippen molar-refractivity contribution >= 4 is 46.1 Å². The molecule has 2 aromatic carbocycles. The maximum absolute atomic E-state index is 12.4. The first-order valence-corrected chi connectivity index (χ1v) is 10.5. The minimum Gasteiger partial charge on any atom is -0.349 e. The Hall–Kier alpha value is -3.56. The highest BCUT2D eigenvalue weighted by atomic mass is 35.5. The number of carbonyl (C=O) groups is 2. The van der Waals surface area contributed by atoms with Gasteiger partial charge in [0, 0.05) is 47.0 Å². The molecule has 1 heterocycles. The number of amides is 2. The molecule has 0 bridgehead atoms. The fourth-order valence-electron chi connectivity index (χ4n) is 3.38. The number of nitriles is 1. The lowest BCUT2D eigenvalue weighted by atomic mass is 10.1. The van der Waals surface area contributed by atoms with Crippen molar-refractivity contribution in [2.24, 2.45) is 0 Å². The highest BCUT2D eigenvalue weighted by Gasteiger charge is 2.24. The Bertz CT molecular complexity index is 1220.